The highest BCUT2D eigenvalue weighted by atomic mass is 16.2. The summed E-state index contributed by atoms with van der Waals surface area (Å²) in [5, 5.41) is 8.94. The molecular weight excluding hydrogens is 444 g/mol. The van der Waals surface area contributed by atoms with Gasteiger partial charge in [0.1, 0.15) is 6.61 Å². The van der Waals surface area contributed by atoms with Crippen LogP contribution in [0.1, 0.15) is 86.3 Å². The van der Waals surface area contributed by atoms with Gasteiger partial charge >= 0.3 is 0 Å². The first-order valence-electron chi connectivity index (χ1n) is 13.8. The Labute approximate surface area is 218 Å². The van der Waals surface area contributed by atoms with Crippen LogP contribution in [-0.2, 0) is 13.0 Å². The van der Waals surface area contributed by atoms with Gasteiger partial charge in [-0.2, -0.15) is 0 Å². The number of benzene rings is 2. The molecule has 2 aromatic rings. The lowest BCUT2D eigenvalue weighted by molar-refractivity contribution is 0.0546. The number of carbonyl (C=O) groups excluding carboxylic acids is 1. The van der Waals surface area contributed by atoms with Gasteiger partial charge in [0.15, 0.2) is 0 Å². The highest BCUT2D eigenvalue weighted by molar-refractivity contribution is 5.94. The average Bonchev–Trinajstić information content (AvgIpc) is 2.90. The molecule has 194 valence electrons. The quantitative estimate of drug-likeness (QED) is 0.316. The molecule has 0 bridgehead atoms. The van der Waals surface area contributed by atoms with Gasteiger partial charge in [0.05, 0.1) is 0 Å². The first kappa shape index (κ1) is 28.0. The Hall–Kier alpha value is -2.61. The molecule has 0 radical (unpaired) electrons. The summed E-state index contributed by atoms with van der Waals surface area (Å²) in [6.45, 7) is 10.5. The van der Waals surface area contributed by atoms with Crippen molar-refractivity contribution in [2.45, 2.75) is 78.3 Å². The third kappa shape index (κ3) is 8.80. The minimum atomic E-state index is -0.142. The fraction of sp³-hybridized carbons (Fsp3) is 0.531. The molecular formula is C32H44N2O2. The standard InChI is InChI=1S/C32H44N2O2/c1-4-5-6-8-27-14-16-30(17-15-27)32(36)34(25-29-12-10-28(11-13-29)9-7-24-35)31-19-22-33(23-20-31)21-18-26(2)3/h10-17,26,31,35H,4-6,8,18-25H2,1-3H3. The molecule has 1 aliphatic rings. The van der Waals surface area contributed by atoms with E-state index in [2.05, 4.69) is 66.7 Å². The van der Waals surface area contributed by atoms with Gasteiger partial charge in [-0.05, 0) is 80.0 Å². The van der Waals surface area contributed by atoms with Gasteiger partial charge < -0.3 is 14.9 Å². The number of likely N-dealkylation sites (tertiary alicyclic amines) is 1. The van der Waals surface area contributed by atoms with Crippen molar-refractivity contribution in [1.82, 2.24) is 9.80 Å². The molecule has 3 rings (SSSR count). The SMILES string of the molecule is CCCCCc1ccc(C(=O)N(Cc2ccc(C#CCO)cc2)C2CCN(CCC(C)C)CC2)cc1. The van der Waals surface area contributed by atoms with Gasteiger partial charge in [-0.1, -0.05) is 69.7 Å². The Bertz CT molecular complexity index is 978. The molecule has 0 saturated carbocycles. The number of carbonyl (C=O) groups is 1. The summed E-state index contributed by atoms with van der Waals surface area (Å²) >= 11 is 0. The predicted molar refractivity (Wildman–Crippen MR) is 149 cm³/mol. The zero-order valence-corrected chi connectivity index (χ0v) is 22.5. The third-order valence-electron chi connectivity index (χ3n) is 7.17. The summed E-state index contributed by atoms with van der Waals surface area (Å²) in [5.74, 6) is 6.49. The minimum absolute atomic E-state index is 0.125. The van der Waals surface area contributed by atoms with Crippen molar-refractivity contribution in [3.8, 4) is 11.8 Å². The van der Waals surface area contributed by atoms with Gasteiger partial charge in [0, 0.05) is 36.8 Å². The van der Waals surface area contributed by atoms with Crippen molar-refractivity contribution < 1.29 is 9.90 Å². The van der Waals surface area contributed by atoms with Gasteiger partial charge in [-0.15, -0.1) is 0 Å². The van der Waals surface area contributed by atoms with Crippen LogP contribution in [0.4, 0.5) is 0 Å². The normalized spacial score (nSPS) is 14.5. The number of nitrogens with zero attached hydrogens (tertiary/aromatic N) is 2. The summed E-state index contributed by atoms with van der Waals surface area (Å²) in [4.78, 5) is 18.4. The number of amides is 1. The zero-order chi connectivity index (χ0) is 25.8. The number of piperidine rings is 1. The molecule has 2 aromatic carbocycles. The second-order valence-electron chi connectivity index (χ2n) is 10.5. The lowest BCUT2D eigenvalue weighted by atomic mass is 9.99. The molecule has 1 heterocycles. The summed E-state index contributed by atoms with van der Waals surface area (Å²) in [6.07, 6.45) is 7.99. The Kier molecular flexibility index (Phi) is 11.5. The van der Waals surface area contributed by atoms with E-state index >= 15 is 0 Å². The summed E-state index contributed by atoms with van der Waals surface area (Å²) in [5.41, 5.74) is 4.07. The molecule has 4 heteroatoms. The van der Waals surface area contributed by atoms with Crippen LogP contribution in [0.25, 0.3) is 0 Å². The maximum absolute atomic E-state index is 13.8. The number of rotatable bonds is 11. The van der Waals surface area contributed by atoms with Crippen LogP contribution in [0, 0.1) is 17.8 Å². The van der Waals surface area contributed by atoms with Crippen LogP contribution >= 0.6 is 0 Å². The van der Waals surface area contributed by atoms with E-state index < -0.39 is 0 Å². The van der Waals surface area contributed by atoms with E-state index in [0.29, 0.717) is 6.54 Å². The fourth-order valence-corrected chi connectivity index (χ4v) is 4.85. The molecule has 0 spiro atoms. The molecule has 1 saturated heterocycles. The molecule has 1 amide bonds. The van der Waals surface area contributed by atoms with E-state index in [0.717, 1.165) is 61.5 Å². The van der Waals surface area contributed by atoms with E-state index in [4.69, 9.17) is 5.11 Å². The molecule has 4 nitrogen and oxygen atoms in total. The number of aliphatic hydroxyl groups excluding tert-OH is 1. The van der Waals surface area contributed by atoms with Gasteiger partial charge in [0.2, 0.25) is 0 Å². The molecule has 1 aliphatic heterocycles. The highest BCUT2D eigenvalue weighted by Gasteiger charge is 2.28. The van der Waals surface area contributed by atoms with Gasteiger partial charge in [-0.25, -0.2) is 0 Å². The van der Waals surface area contributed by atoms with E-state index in [1.165, 1.54) is 31.2 Å². The first-order chi connectivity index (χ1) is 17.5. The Morgan fingerprint density at radius 3 is 2.31 bits per heavy atom. The number of hydrogen-bond donors (Lipinski definition) is 1. The van der Waals surface area contributed by atoms with E-state index in [1.807, 2.05) is 24.3 Å². The molecule has 0 aliphatic carbocycles. The molecule has 0 unspecified atom stereocenters. The minimum Gasteiger partial charge on any atom is -0.384 e. The smallest absolute Gasteiger partial charge is 0.254 e. The van der Waals surface area contributed by atoms with E-state index in [-0.39, 0.29) is 18.6 Å². The monoisotopic (exact) mass is 488 g/mol. The number of aryl methyl sites for hydroxylation is 1. The topological polar surface area (TPSA) is 43.8 Å². The van der Waals surface area contributed by atoms with E-state index in [9.17, 15) is 4.79 Å². The summed E-state index contributed by atoms with van der Waals surface area (Å²) in [6, 6.07) is 16.6. The second kappa shape index (κ2) is 14.8. The largest absolute Gasteiger partial charge is 0.384 e. The average molecular weight is 489 g/mol. The van der Waals surface area contributed by atoms with E-state index in [1.54, 1.807) is 0 Å². The van der Waals surface area contributed by atoms with Crippen LogP contribution in [0.3, 0.4) is 0 Å². The van der Waals surface area contributed by atoms with Gasteiger partial charge in [-0.3, -0.25) is 4.79 Å². The van der Waals surface area contributed by atoms with Crippen molar-refractivity contribution in [3.05, 3.63) is 70.8 Å². The van der Waals surface area contributed by atoms with Crippen LogP contribution in [0.15, 0.2) is 48.5 Å². The van der Waals surface area contributed by atoms with Crippen LogP contribution in [-0.4, -0.2) is 53.1 Å². The molecule has 0 aromatic heterocycles. The lowest BCUT2D eigenvalue weighted by Gasteiger charge is -2.39. The maximum atomic E-state index is 13.8. The Balaban J connectivity index is 1.73. The summed E-state index contributed by atoms with van der Waals surface area (Å²) in [7, 11) is 0. The molecule has 36 heavy (non-hydrogen) atoms. The molecule has 1 N–H and O–H groups in total. The van der Waals surface area contributed by atoms with Crippen molar-refractivity contribution in [2.75, 3.05) is 26.2 Å². The first-order valence-corrected chi connectivity index (χ1v) is 13.8. The lowest BCUT2D eigenvalue weighted by Crippen LogP contribution is -2.47. The highest BCUT2D eigenvalue weighted by Crippen LogP contribution is 2.23. The molecule has 0 atom stereocenters. The van der Waals surface area contributed by atoms with Crippen LogP contribution in [0.5, 0.6) is 0 Å². The third-order valence-corrected chi connectivity index (χ3v) is 7.17. The number of hydrogen-bond acceptors (Lipinski definition) is 3. The van der Waals surface area contributed by atoms with Crippen molar-refractivity contribution in [2.24, 2.45) is 5.92 Å². The van der Waals surface area contributed by atoms with Gasteiger partial charge in [0.25, 0.3) is 5.91 Å². The predicted octanol–water partition coefficient (Wildman–Crippen LogP) is 5.92. The number of aliphatic hydroxyl groups is 1. The van der Waals surface area contributed by atoms with Crippen LogP contribution < -0.4 is 0 Å². The van der Waals surface area contributed by atoms with Crippen LogP contribution in [0.2, 0.25) is 0 Å². The second-order valence-corrected chi connectivity index (χ2v) is 10.5. The summed E-state index contributed by atoms with van der Waals surface area (Å²) < 4.78 is 0. The maximum Gasteiger partial charge on any atom is 0.254 e. The Morgan fingerprint density at radius 2 is 1.69 bits per heavy atom. The number of unbranched alkanes of at least 4 members (excludes halogenated alkanes) is 2. The van der Waals surface area contributed by atoms with Crippen molar-refractivity contribution in [3.63, 3.8) is 0 Å². The Morgan fingerprint density at radius 1 is 1.03 bits per heavy atom. The fourth-order valence-electron chi connectivity index (χ4n) is 4.85. The molecule has 1 fully saturated rings. The van der Waals surface area contributed by atoms with Crippen molar-refractivity contribution >= 4 is 5.91 Å². The zero-order valence-electron chi connectivity index (χ0n) is 22.5. The van der Waals surface area contributed by atoms with Crippen molar-refractivity contribution in [1.29, 1.82) is 0 Å².